The number of hydrogen-bond donors (Lipinski definition) is 0. The third-order valence-electron chi connectivity index (χ3n) is 2.63. The number of rotatable bonds is 3. The summed E-state index contributed by atoms with van der Waals surface area (Å²) in [6, 6.07) is 5.59. The average molecular weight is 206 g/mol. The van der Waals surface area contributed by atoms with Crippen LogP contribution in [0, 0.1) is 0 Å². The summed E-state index contributed by atoms with van der Waals surface area (Å²) in [5.74, 6) is 1.01. The average Bonchev–Trinajstić information content (AvgIpc) is 3.11. The Morgan fingerprint density at radius 1 is 1.27 bits per heavy atom. The van der Waals surface area contributed by atoms with E-state index in [0.29, 0.717) is 11.5 Å². The van der Waals surface area contributed by atoms with Crippen molar-refractivity contribution in [1.29, 1.82) is 0 Å². The lowest BCUT2D eigenvalue weighted by molar-refractivity contribution is 0.0600. The number of methoxy groups -OCH3 is 2. The monoisotopic (exact) mass is 206 g/mol. The molecule has 0 spiro atoms. The maximum atomic E-state index is 11.4. The molecule has 1 fully saturated rings. The molecule has 15 heavy (non-hydrogen) atoms. The lowest BCUT2D eigenvalue weighted by Gasteiger charge is -2.07. The van der Waals surface area contributed by atoms with Gasteiger partial charge in [-0.2, -0.15) is 0 Å². The zero-order chi connectivity index (χ0) is 10.8. The highest BCUT2D eigenvalue weighted by molar-refractivity contribution is 5.90. The van der Waals surface area contributed by atoms with E-state index in [2.05, 4.69) is 0 Å². The van der Waals surface area contributed by atoms with Crippen LogP contribution >= 0.6 is 0 Å². The fourth-order valence-corrected chi connectivity index (χ4v) is 1.63. The molecular weight excluding hydrogens is 192 g/mol. The Labute approximate surface area is 89.0 Å². The SMILES string of the molecule is COC(=O)c1cc(OC)cc(C2CC2)c1. The quantitative estimate of drug-likeness (QED) is 0.712. The number of benzene rings is 1. The Hall–Kier alpha value is -1.51. The van der Waals surface area contributed by atoms with E-state index in [1.807, 2.05) is 12.1 Å². The van der Waals surface area contributed by atoms with Crippen LogP contribution in [0.3, 0.4) is 0 Å². The highest BCUT2D eigenvalue weighted by Gasteiger charge is 2.25. The summed E-state index contributed by atoms with van der Waals surface area (Å²) in [6.07, 6.45) is 2.40. The van der Waals surface area contributed by atoms with Gasteiger partial charge in [0.05, 0.1) is 19.8 Å². The number of carbonyl (C=O) groups excluding carboxylic acids is 1. The van der Waals surface area contributed by atoms with Crippen LogP contribution in [0.1, 0.15) is 34.7 Å². The Morgan fingerprint density at radius 3 is 2.53 bits per heavy atom. The second-order valence-electron chi connectivity index (χ2n) is 3.76. The molecule has 1 aliphatic rings. The molecular formula is C12H14O3. The van der Waals surface area contributed by atoms with Gasteiger partial charge in [-0.15, -0.1) is 0 Å². The van der Waals surface area contributed by atoms with Crippen LogP contribution in [-0.4, -0.2) is 20.2 Å². The second-order valence-corrected chi connectivity index (χ2v) is 3.76. The van der Waals surface area contributed by atoms with Gasteiger partial charge in [-0.25, -0.2) is 4.79 Å². The van der Waals surface area contributed by atoms with Crippen LogP contribution in [0.4, 0.5) is 0 Å². The van der Waals surface area contributed by atoms with Crippen LogP contribution in [0.5, 0.6) is 5.75 Å². The first kappa shape index (κ1) is 10.0. The van der Waals surface area contributed by atoms with Crippen molar-refractivity contribution in [2.75, 3.05) is 14.2 Å². The number of hydrogen-bond acceptors (Lipinski definition) is 3. The van der Waals surface area contributed by atoms with E-state index in [-0.39, 0.29) is 5.97 Å². The van der Waals surface area contributed by atoms with E-state index < -0.39 is 0 Å². The predicted octanol–water partition coefficient (Wildman–Crippen LogP) is 2.36. The fraction of sp³-hybridized carbons (Fsp3) is 0.417. The molecule has 1 aliphatic carbocycles. The molecule has 80 valence electrons. The van der Waals surface area contributed by atoms with E-state index in [1.165, 1.54) is 25.5 Å². The van der Waals surface area contributed by atoms with E-state index in [9.17, 15) is 4.79 Å². The third-order valence-corrected chi connectivity index (χ3v) is 2.63. The maximum absolute atomic E-state index is 11.4. The second kappa shape index (κ2) is 3.93. The summed E-state index contributed by atoms with van der Waals surface area (Å²) < 4.78 is 9.86. The Kier molecular flexibility index (Phi) is 2.62. The van der Waals surface area contributed by atoms with E-state index >= 15 is 0 Å². The summed E-state index contributed by atoms with van der Waals surface area (Å²) in [5, 5.41) is 0. The van der Waals surface area contributed by atoms with Crippen molar-refractivity contribution >= 4 is 5.97 Å². The normalized spacial score (nSPS) is 14.8. The molecule has 2 rings (SSSR count). The van der Waals surface area contributed by atoms with Gasteiger partial charge in [0.25, 0.3) is 0 Å². The minimum Gasteiger partial charge on any atom is -0.497 e. The van der Waals surface area contributed by atoms with Gasteiger partial charge in [0, 0.05) is 0 Å². The van der Waals surface area contributed by atoms with Gasteiger partial charge in [-0.05, 0) is 42.5 Å². The molecule has 1 aromatic carbocycles. The molecule has 0 atom stereocenters. The van der Waals surface area contributed by atoms with Crippen LogP contribution in [0.2, 0.25) is 0 Å². The summed E-state index contributed by atoms with van der Waals surface area (Å²) in [6.45, 7) is 0. The fourth-order valence-electron chi connectivity index (χ4n) is 1.63. The molecule has 0 aromatic heterocycles. The molecule has 0 aliphatic heterocycles. The van der Waals surface area contributed by atoms with Crippen LogP contribution in [0.15, 0.2) is 18.2 Å². The van der Waals surface area contributed by atoms with Crippen LogP contribution in [0.25, 0.3) is 0 Å². The molecule has 1 aromatic rings. The Bertz CT molecular complexity index is 380. The van der Waals surface area contributed by atoms with Crippen molar-refractivity contribution < 1.29 is 14.3 Å². The van der Waals surface area contributed by atoms with Crippen molar-refractivity contribution in [3.63, 3.8) is 0 Å². The van der Waals surface area contributed by atoms with E-state index in [4.69, 9.17) is 9.47 Å². The molecule has 0 bridgehead atoms. The van der Waals surface area contributed by atoms with Gasteiger partial charge >= 0.3 is 5.97 Å². The minimum atomic E-state index is -0.309. The topological polar surface area (TPSA) is 35.5 Å². The first-order valence-electron chi connectivity index (χ1n) is 5.02. The Balaban J connectivity index is 2.36. The molecule has 3 nitrogen and oxygen atoms in total. The standard InChI is InChI=1S/C12H14O3/c1-14-11-6-9(8-3-4-8)5-10(7-11)12(13)15-2/h5-8H,3-4H2,1-2H3. The molecule has 0 radical (unpaired) electrons. The summed E-state index contributed by atoms with van der Waals surface area (Å²) in [4.78, 5) is 11.4. The Morgan fingerprint density at radius 2 is 2.00 bits per heavy atom. The summed E-state index contributed by atoms with van der Waals surface area (Å²) in [7, 11) is 2.99. The zero-order valence-corrected chi connectivity index (χ0v) is 8.95. The number of esters is 1. The highest BCUT2D eigenvalue weighted by atomic mass is 16.5. The maximum Gasteiger partial charge on any atom is 0.337 e. The minimum absolute atomic E-state index is 0.309. The smallest absolute Gasteiger partial charge is 0.337 e. The van der Waals surface area contributed by atoms with E-state index in [1.54, 1.807) is 13.2 Å². The van der Waals surface area contributed by atoms with Crippen molar-refractivity contribution in [3.8, 4) is 5.75 Å². The van der Waals surface area contributed by atoms with Gasteiger partial charge < -0.3 is 9.47 Å². The van der Waals surface area contributed by atoms with Gasteiger partial charge in [0.1, 0.15) is 5.75 Å². The van der Waals surface area contributed by atoms with Crippen molar-refractivity contribution in [2.24, 2.45) is 0 Å². The highest BCUT2D eigenvalue weighted by Crippen LogP contribution is 2.41. The molecule has 0 unspecified atom stereocenters. The summed E-state index contributed by atoms with van der Waals surface area (Å²) >= 11 is 0. The van der Waals surface area contributed by atoms with Gasteiger partial charge in [0.2, 0.25) is 0 Å². The number of carbonyl (C=O) groups is 1. The van der Waals surface area contributed by atoms with Gasteiger partial charge in [0.15, 0.2) is 0 Å². The van der Waals surface area contributed by atoms with E-state index in [0.717, 1.165) is 5.75 Å². The predicted molar refractivity (Wildman–Crippen MR) is 56.3 cm³/mol. The zero-order valence-electron chi connectivity index (χ0n) is 8.95. The first-order chi connectivity index (χ1) is 7.24. The van der Waals surface area contributed by atoms with Crippen molar-refractivity contribution in [3.05, 3.63) is 29.3 Å². The molecule has 3 heteroatoms. The van der Waals surface area contributed by atoms with Gasteiger partial charge in [-0.3, -0.25) is 0 Å². The lowest BCUT2D eigenvalue weighted by atomic mass is 10.1. The largest absolute Gasteiger partial charge is 0.497 e. The number of ether oxygens (including phenoxy) is 2. The van der Waals surface area contributed by atoms with Crippen molar-refractivity contribution in [2.45, 2.75) is 18.8 Å². The molecule has 0 heterocycles. The molecule has 0 amide bonds. The first-order valence-corrected chi connectivity index (χ1v) is 5.02. The molecule has 1 saturated carbocycles. The van der Waals surface area contributed by atoms with Crippen LogP contribution in [-0.2, 0) is 4.74 Å². The lowest BCUT2D eigenvalue weighted by Crippen LogP contribution is -2.02. The van der Waals surface area contributed by atoms with Gasteiger partial charge in [-0.1, -0.05) is 0 Å². The van der Waals surface area contributed by atoms with Crippen LogP contribution < -0.4 is 4.74 Å². The van der Waals surface area contributed by atoms with Crippen molar-refractivity contribution in [1.82, 2.24) is 0 Å². The molecule has 0 N–H and O–H groups in total. The summed E-state index contributed by atoms with van der Waals surface area (Å²) in [5.41, 5.74) is 1.74. The molecule has 0 saturated heterocycles. The third kappa shape index (κ3) is 2.12.